The number of carboxylic acid groups (broad SMARTS) is 2. The number of rotatable bonds is 3. The van der Waals surface area contributed by atoms with Crippen molar-refractivity contribution in [3.05, 3.63) is 46.7 Å². The number of hydrogen-bond acceptors (Lipinski definition) is 5. The molecule has 0 radical (unpaired) electrons. The van der Waals surface area contributed by atoms with E-state index >= 15 is 0 Å². The van der Waals surface area contributed by atoms with Crippen molar-refractivity contribution in [2.45, 2.75) is 13.3 Å². The summed E-state index contributed by atoms with van der Waals surface area (Å²) >= 11 is 0. The number of nitrogens with zero attached hydrogens (tertiary/aromatic N) is 1. The number of carbonyl (C=O) groups is 2. The van der Waals surface area contributed by atoms with Crippen LogP contribution in [-0.4, -0.2) is 27.3 Å². The predicted octanol–water partition coefficient (Wildman–Crippen LogP) is 1.46. The van der Waals surface area contributed by atoms with Crippen molar-refractivity contribution in [3.63, 3.8) is 0 Å². The molecule has 0 aromatic heterocycles. The van der Waals surface area contributed by atoms with Crippen molar-refractivity contribution in [2.24, 2.45) is 11.1 Å². The predicted molar refractivity (Wildman–Crippen MR) is 79.8 cm³/mol. The van der Waals surface area contributed by atoms with Gasteiger partial charge in [-0.05, 0) is 30.2 Å². The summed E-state index contributed by atoms with van der Waals surface area (Å²) in [6, 6.07) is 7.45. The molecule has 118 valence electrons. The van der Waals surface area contributed by atoms with E-state index in [9.17, 15) is 30.2 Å². The number of benzene rings is 1. The highest BCUT2D eigenvalue weighted by atomic mass is 16.4. The SMILES string of the molecule is CC1(C(=O)O)CC(C(=O)O)=C(N)C(C#N)=C1c1ccc(O)cc1. The van der Waals surface area contributed by atoms with Crippen LogP contribution in [0.2, 0.25) is 0 Å². The van der Waals surface area contributed by atoms with Gasteiger partial charge in [-0.3, -0.25) is 4.79 Å². The van der Waals surface area contributed by atoms with Crippen LogP contribution in [0.1, 0.15) is 18.9 Å². The molecule has 0 bridgehead atoms. The van der Waals surface area contributed by atoms with Gasteiger partial charge in [0.15, 0.2) is 0 Å². The number of carboxylic acids is 2. The maximum atomic E-state index is 11.8. The lowest BCUT2D eigenvalue weighted by molar-refractivity contribution is -0.144. The summed E-state index contributed by atoms with van der Waals surface area (Å²) < 4.78 is 0. The van der Waals surface area contributed by atoms with E-state index in [2.05, 4.69) is 0 Å². The van der Waals surface area contributed by atoms with Gasteiger partial charge in [-0.15, -0.1) is 0 Å². The minimum absolute atomic E-state index is 0.0181. The van der Waals surface area contributed by atoms with Crippen LogP contribution in [0.25, 0.3) is 5.57 Å². The second kappa shape index (κ2) is 5.50. The van der Waals surface area contributed by atoms with Gasteiger partial charge in [-0.1, -0.05) is 12.1 Å². The Bertz CT molecular complexity index is 799. The van der Waals surface area contributed by atoms with E-state index in [-0.39, 0.29) is 34.6 Å². The molecule has 0 heterocycles. The maximum Gasteiger partial charge on any atom is 0.333 e. The molecule has 7 nitrogen and oxygen atoms in total. The van der Waals surface area contributed by atoms with Crippen LogP contribution < -0.4 is 5.73 Å². The molecule has 0 aliphatic heterocycles. The highest BCUT2D eigenvalue weighted by molar-refractivity contribution is 6.01. The number of nitriles is 1. The molecular formula is C16H14N2O5. The Morgan fingerprint density at radius 2 is 1.83 bits per heavy atom. The molecule has 2 rings (SSSR count). The van der Waals surface area contributed by atoms with Crippen molar-refractivity contribution in [2.75, 3.05) is 0 Å². The van der Waals surface area contributed by atoms with E-state index in [1.165, 1.54) is 31.2 Å². The van der Waals surface area contributed by atoms with Gasteiger partial charge in [0.1, 0.15) is 11.8 Å². The van der Waals surface area contributed by atoms with Crippen molar-refractivity contribution >= 4 is 17.5 Å². The summed E-state index contributed by atoms with van der Waals surface area (Å²) in [6.07, 6.45) is -0.342. The highest BCUT2D eigenvalue weighted by Gasteiger charge is 2.46. The Labute approximate surface area is 131 Å². The van der Waals surface area contributed by atoms with E-state index in [0.717, 1.165) is 0 Å². The van der Waals surface area contributed by atoms with Gasteiger partial charge < -0.3 is 21.1 Å². The number of aromatic hydroxyl groups is 1. The van der Waals surface area contributed by atoms with Gasteiger partial charge in [-0.2, -0.15) is 5.26 Å². The zero-order chi connectivity index (χ0) is 17.4. The first-order chi connectivity index (χ1) is 10.7. The lowest BCUT2D eigenvalue weighted by atomic mass is 9.68. The number of phenols is 1. The third kappa shape index (κ3) is 2.51. The topological polar surface area (TPSA) is 145 Å². The van der Waals surface area contributed by atoms with E-state index in [1.54, 1.807) is 0 Å². The first-order valence-corrected chi connectivity index (χ1v) is 6.62. The number of phenolic OH excluding ortho intramolecular Hbond substituents is 1. The third-order valence-electron chi connectivity index (χ3n) is 3.92. The number of allylic oxidation sites excluding steroid dienone is 1. The Kier molecular flexibility index (Phi) is 3.85. The Balaban J connectivity index is 2.85. The number of nitrogens with two attached hydrogens (primary N) is 1. The molecule has 1 aromatic carbocycles. The zero-order valence-corrected chi connectivity index (χ0v) is 12.2. The molecule has 5 N–H and O–H groups in total. The molecule has 7 heteroatoms. The molecule has 0 spiro atoms. The number of aliphatic carboxylic acids is 2. The van der Waals surface area contributed by atoms with Crippen molar-refractivity contribution in [3.8, 4) is 11.8 Å². The molecule has 1 aliphatic carbocycles. The minimum Gasteiger partial charge on any atom is -0.508 e. The third-order valence-corrected chi connectivity index (χ3v) is 3.92. The summed E-state index contributed by atoms with van der Waals surface area (Å²) in [7, 11) is 0. The molecule has 1 unspecified atom stereocenters. The molecule has 0 saturated heterocycles. The van der Waals surface area contributed by atoms with E-state index < -0.39 is 17.4 Å². The average molecular weight is 314 g/mol. The summed E-state index contributed by atoms with van der Waals surface area (Å²) in [5.41, 5.74) is 3.98. The molecule has 23 heavy (non-hydrogen) atoms. The summed E-state index contributed by atoms with van der Waals surface area (Å²) in [6.45, 7) is 1.35. The quantitative estimate of drug-likeness (QED) is 0.660. The van der Waals surface area contributed by atoms with Crippen molar-refractivity contribution in [1.29, 1.82) is 5.26 Å². The van der Waals surface area contributed by atoms with Gasteiger partial charge in [0.2, 0.25) is 0 Å². The molecule has 1 aromatic rings. The summed E-state index contributed by atoms with van der Waals surface area (Å²) in [5.74, 6) is -2.64. The normalized spacial score (nSPS) is 21.0. The average Bonchev–Trinajstić information content (AvgIpc) is 2.49. The largest absolute Gasteiger partial charge is 0.508 e. The Hall–Kier alpha value is -3.27. The molecule has 0 saturated carbocycles. The Morgan fingerprint density at radius 1 is 1.26 bits per heavy atom. The monoisotopic (exact) mass is 314 g/mol. The van der Waals surface area contributed by atoms with Crippen LogP contribution in [-0.2, 0) is 9.59 Å². The van der Waals surface area contributed by atoms with Crippen LogP contribution in [0.15, 0.2) is 41.1 Å². The Morgan fingerprint density at radius 3 is 2.26 bits per heavy atom. The van der Waals surface area contributed by atoms with Crippen LogP contribution in [0.5, 0.6) is 5.75 Å². The second-order valence-corrected chi connectivity index (χ2v) is 5.42. The van der Waals surface area contributed by atoms with Gasteiger partial charge in [0.05, 0.1) is 22.3 Å². The molecule has 0 fully saturated rings. The van der Waals surface area contributed by atoms with Crippen LogP contribution >= 0.6 is 0 Å². The van der Waals surface area contributed by atoms with Gasteiger partial charge >= 0.3 is 11.9 Å². The van der Waals surface area contributed by atoms with Crippen LogP contribution in [0.4, 0.5) is 0 Å². The standard InChI is InChI=1S/C16H14N2O5/c1-16(15(22)23)6-10(14(20)21)13(18)11(7-17)12(16)8-2-4-9(19)5-3-8/h2-5,19H,6,18H2,1H3,(H,20,21)(H,22,23). The van der Waals surface area contributed by atoms with Crippen LogP contribution in [0, 0.1) is 16.7 Å². The lowest BCUT2D eigenvalue weighted by Gasteiger charge is -2.33. The fraction of sp³-hybridized carbons (Fsp3) is 0.188. The van der Waals surface area contributed by atoms with Crippen molar-refractivity contribution < 1.29 is 24.9 Å². The lowest BCUT2D eigenvalue weighted by Crippen LogP contribution is -2.36. The number of hydrogen-bond donors (Lipinski definition) is 4. The fourth-order valence-electron chi connectivity index (χ4n) is 2.68. The maximum absolute atomic E-state index is 11.8. The van der Waals surface area contributed by atoms with E-state index in [1.807, 2.05) is 6.07 Å². The molecule has 1 atom stereocenters. The second-order valence-electron chi connectivity index (χ2n) is 5.42. The summed E-state index contributed by atoms with van der Waals surface area (Å²) in [5, 5.41) is 37.6. The first kappa shape index (κ1) is 16.1. The smallest absolute Gasteiger partial charge is 0.333 e. The molecule has 1 aliphatic rings. The molecule has 0 amide bonds. The highest BCUT2D eigenvalue weighted by Crippen LogP contribution is 2.47. The fourth-order valence-corrected chi connectivity index (χ4v) is 2.68. The van der Waals surface area contributed by atoms with Gasteiger partial charge in [0, 0.05) is 6.42 Å². The van der Waals surface area contributed by atoms with Crippen LogP contribution in [0.3, 0.4) is 0 Å². The first-order valence-electron chi connectivity index (χ1n) is 6.62. The van der Waals surface area contributed by atoms with Gasteiger partial charge in [-0.25, -0.2) is 4.79 Å². The van der Waals surface area contributed by atoms with E-state index in [0.29, 0.717) is 5.56 Å². The van der Waals surface area contributed by atoms with E-state index in [4.69, 9.17) is 5.73 Å². The van der Waals surface area contributed by atoms with Gasteiger partial charge in [0.25, 0.3) is 0 Å². The summed E-state index contributed by atoms with van der Waals surface area (Å²) in [4.78, 5) is 23.1. The zero-order valence-electron chi connectivity index (χ0n) is 12.2. The van der Waals surface area contributed by atoms with Crippen molar-refractivity contribution in [1.82, 2.24) is 0 Å². The molecular weight excluding hydrogens is 300 g/mol. The minimum atomic E-state index is -1.63.